The van der Waals surface area contributed by atoms with Gasteiger partial charge in [-0.1, -0.05) is 29.8 Å². The Labute approximate surface area is 158 Å². The third-order valence-electron chi connectivity index (χ3n) is 3.69. The molecule has 0 unspecified atom stereocenters. The summed E-state index contributed by atoms with van der Waals surface area (Å²) in [5.41, 5.74) is 7.53. The minimum absolute atomic E-state index is 0.0613. The molecule has 7 nitrogen and oxygen atoms in total. The minimum atomic E-state index is -0.424. The van der Waals surface area contributed by atoms with Crippen LogP contribution in [-0.4, -0.2) is 23.9 Å². The highest BCUT2D eigenvalue weighted by Crippen LogP contribution is 2.05. The molecular weight excluding hydrogens is 344 g/mol. The molecule has 2 rings (SSSR count). The fourth-order valence-electron chi connectivity index (χ4n) is 2.23. The molecule has 2 aromatic rings. The third kappa shape index (κ3) is 6.47. The molecule has 7 heteroatoms. The number of rotatable bonds is 5. The van der Waals surface area contributed by atoms with Crippen LogP contribution in [0.1, 0.15) is 45.7 Å². The number of nitrogens with one attached hydrogen (secondary N) is 4. The molecule has 27 heavy (non-hydrogen) atoms. The normalized spacial score (nSPS) is 10.2. The lowest BCUT2D eigenvalue weighted by molar-refractivity contribution is 0.0846. The van der Waals surface area contributed by atoms with Gasteiger partial charge >= 0.3 is 6.03 Å². The molecule has 0 fully saturated rings. The van der Waals surface area contributed by atoms with Gasteiger partial charge in [-0.05, 0) is 50.6 Å². The second kappa shape index (κ2) is 9.38. The lowest BCUT2D eigenvalue weighted by atomic mass is 10.1. The number of carbonyl (C=O) groups is 3. The first kappa shape index (κ1) is 20.0. The van der Waals surface area contributed by atoms with Crippen molar-refractivity contribution in [3.8, 4) is 0 Å². The number of hydrogen-bond acceptors (Lipinski definition) is 3. The van der Waals surface area contributed by atoms with Crippen molar-refractivity contribution in [1.82, 2.24) is 21.5 Å². The fourth-order valence-corrected chi connectivity index (χ4v) is 2.23. The smallest absolute Gasteiger partial charge is 0.315 e. The average Bonchev–Trinajstić information content (AvgIpc) is 2.64. The van der Waals surface area contributed by atoms with E-state index >= 15 is 0 Å². The first-order chi connectivity index (χ1) is 12.8. The zero-order valence-corrected chi connectivity index (χ0v) is 15.6. The van der Waals surface area contributed by atoms with Gasteiger partial charge in [0, 0.05) is 23.7 Å². The quantitative estimate of drug-likeness (QED) is 0.609. The Balaban J connectivity index is 1.83. The topological polar surface area (TPSA) is 99.3 Å². The molecule has 0 saturated carbocycles. The number of amides is 4. The molecule has 2 aromatic carbocycles. The predicted octanol–water partition coefficient (Wildman–Crippen LogP) is 2.28. The van der Waals surface area contributed by atoms with Crippen LogP contribution in [0.25, 0.3) is 0 Å². The zero-order chi connectivity index (χ0) is 19.8. The SMILES string of the molecule is Cc1ccc(C(=O)NNC(=O)c2ccc(CNC(=O)NC(C)C)cc2)cc1. The van der Waals surface area contributed by atoms with Crippen LogP contribution in [0.2, 0.25) is 0 Å². The second-order valence-corrected chi connectivity index (χ2v) is 6.45. The Kier molecular flexibility index (Phi) is 6.93. The molecule has 0 bridgehead atoms. The van der Waals surface area contributed by atoms with Crippen molar-refractivity contribution < 1.29 is 14.4 Å². The number of benzene rings is 2. The molecule has 4 N–H and O–H groups in total. The zero-order valence-electron chi connectivity index (χ0n) is 15.6. The van der Waals surface area contributed by atoms with Crippen LogP contribution in [0.15, 0.2) is 48.5 Å². The van der Waals surface area contributed by atoms with Gasteiger partial charge in [0.15, 0.2) is 0 Å². The predicted molar refractivity (Wildman–Crippen MR) is 103 cm³/mol. The molecule has 0 saturated heterocycles. The van der Waals surface area contributed by atoms with E-state index < -0.39 is 5.91 Å². The van der Waals surface area contributed by atoms with Crippen LogP contribution in [0.5, 0.6) is 0 Å². The van der Waals surface area contributed by atoms with E-state index in [1.165, 1.54) is 0 Å². The largest absolute Gasteiger partial charge is 0.336 e. The molecule has 142 valence electrons. The van der Waals surface area contributed by atoms with Gasteiger partial charge in [-0.15, -0.1) is 0 Å². The Hall–Kier alpha value is -3.35. The van der Waals surface area contributed by atoms with E-state index in [9.17, 15) is 14.4 Å². The number of aryl methyl sites for hydroxylation is 1. The number of carbonyl (C=O) groups excluding carboxylic acids is 3. The van der Waals surface area contributed by atoms with E-state index in [2.05, 4.69) is 21.5 Å². The standard InChI is InChI=1S/C20H24N4O3/c1-13(2)22-20(27)21-12-15-6-10-17(11-7-15)19(26)24-23-18(25)16-8-4-14(3)5-9-16/h4-11,13H,12H2,1-3H3,(H,23,25)(H,24,26)(H2,21,22,27). The van der Waals surface area contributed by atoms with Gasteiger partial charge in [-0.25, -0.2) is 4.79 Å². The van der Waals surface area contributed by atoms with Gasteiger partial charge < -0.3 is 10.6 Å². The van der Waals surface area contributed by atoms with Crippen LogP contribution < -0.4 is 21.5 Å². The summed E-state index contributed by atoms with van der Waals surface area (Å²) in [6, 6.07) is 13.6. The van der Waals surface area contributed by atoms with Crippen molar-refractivity contribution in [3.05, 3.63) is 70.8 Å². The van der Waals surface area contributed by atoms with Crippen molar-refractivity contribution in [2.45, 2.75) is 33.4 Å². The lowest BCUT2D eigenvalue weighted by Crippen LogP contribution is -2.41. The van der Waals surface area contributed by atoms with Crippen LogP contribution in [0.3, 0.4) is 0 Å². The van der Waals surface area contributed by atoms with Gasteiger partial charge in [-0.3, -0.25) is 20.4 Å². The van der Waals surface area contributed by atoms with Crippen molar-refractivity contribution in [3.63, 3.8) is 0 Å². The summed E-state index contributed by atoms with van der Waals surface area (Å²) in [6.07, 6.45) is 0. The molecule has 0 spiro atoms. The monoisotopic (exact) mass is 368 g/mol. The summed E-state index contributed by atoms with van der Waals surface area (Å²) in [6.45, 7) is 6.04. The summed E-state index contributed by atoms with van der Waals surface area (Å²) in [5.74, 6) is -0.812. The molecule has 4 amide bonds. The van der Waals surface area contributed by atoms with Crippen molar-refractivity contribution in [2.24, 2.45) is 0 Å². The molecule has 0 aliphatic heterocycles. The van der Waals surface area contributed by atoms with Gasteiger partial charge in [0.2, 0.25) is 0 Å². The number of hydrazine groups is 1. The Morgan fingerprint density at radius 2 is 1.30 bits per heavy atom. The third-order valence-corrected chi connectivity index (χ3v) is 3.69. The highest BCUT2D eigenvalue weighted by molar-refractivity contribution is 5.99. The van der Waals surface area contributed by atoms with Crippen LogP contribution in [-0.2, 0) is 6.54 Å². The van der Waals surface area contributed by atoms with Crippen molar-refractivity contribution in [2.75, 3.05) is 0 Å². The van der Waals surface area contributed by atoms with E-state index in [0.29, 0.717) is 17.7 Å². The minimum Gasteiger partial charge on any atom is -0.336 e. The summed E-state index contributed by atoms with van der Waals surface area (Å²) in [5, 5.41) is 5.47. The van der Waals surface area contributed by atoms with Gasteiger partial charge in [0.05, 0.1) is 0 Å². The van der Waals surface area contributed by atoms with Gasteiger partial charge in [0.25, 0.3) is 11.8 Å². The number of hydrogen-bond donors (Lipinski definition) is 4. The van der Waals surface area contributed by atoms with E-state index in [-0.39, 0.29) is 18.0 Å². The van der Waals surface area contributed by atoms with E-state index in [0.717, 1.165) is 11.1 Å². The highest BCUT2D eigenvalue weighted by atomic mass is 16.2. The van der Waals surface area contributed by atoms with E-state index in [1.807, 2.05) is 32.9 Å². The molecule has 0 radical (unpaired) electrons. The average molecular weight is 368 g/mol. The van der Waals surface area contributed by atoms with E-state index in [1.54, 1.807) is 36.4 Å². The molecule has 0 aliphatic rings. The molecule has 0 heterocycles. The van der Waals surface area contributed by atoms with Crippen molar-refractivity contribution in [1.29, 1.82) is 0 Å². The molecular formula is C20H24N4O3. The molecule has 0 aromatic heterocycles. The maximum Gasteiger partial charge on any atom is 0.315 e. The Morgan fingerprint density at radius 3 is 1.78 bits per heavy atom. The van der Waals surface area contributed by atoms with Crippen molar-refractivity contribution >= 4 is 17.8 Å². The summed E-state index contributed by atoms with van der Waals surface area (Å²) >= 11 is 0. The van der Waals surface area contributed by atoms with E-state index in [4.69, 9.17) is 0 Å². The Morgan fingerprint density at radius 1 is 0.815 bits per heavy atom. The fraction of sp³-hybridized carbons (Fsp3) is 0.250. The van der Waals surface area contributed by atoms with Gasteiger partial charge in [-0.2, -0.15) is 0 Å². The van der Waals surface area contributed by atoms with Gasteiger partial charge in [0.1, 0.15) is 0 Å². The summed E-state index contributed by atoms with van der Waals surface area (Å²) in [4.78, 5) is 35.7. The molecule has 0 atom stereocenters. The maximum atomic E-state index is 12.1. The van der Waals surface area contributed by atoms with Crippen LogP contribution >= 0.6 is 0 Å². The molecule has 0 aliphatic carbocycles. The van der Waals surface area contributed by atoms with Crippen LogP contribution in [0.4, 0.5) is 4.79 Å². The maximum absolute atomic E-state index is 12.1. The number of urea groups is 1. The first-order valence-corrected chi connectivity index (χ1v) is 8.66. The highest BCUT2D eigenvalue weighted by Gasteiger charge is 2.09. The lowest BCUT2D eigenvalue weighted by Gasteiger charge is -2.11. The summed E-state index contributed by atoms with van der Waals surface area (Å²) < 4.78 is 0. The second-order valence-electron chi connectivity index (χ2n) is 6.45. The first-order valence-electron chi connectivity index (χ1n) is 8.66. The summed E-state index contributed by atoms with van der Waals surface area (Å²) in [7, 11) is 0. The van der Waals surface area contributed by atoms with Crippen LogP contribution in [0, 0.1) is 6.92 Å². The Bertz CT molecular complexity index is 799.